The molecule has 1 aromatic carbocycles. The zero-order valence-electron chi connectivity index (χ0n) is 11.3. The van der Waals surface area contributed by atoms with Crippen molar-refractivity contribution >= 4 is 22.7 Å². The second-order valence-electron chi connectivity index (χ2n) is 5.13. The number of methoxy groups -OCH3 is 1. The molecule has 20 heavy (non-hydrogen) atoms. The Hall–Kier alpha value is -2.30. The highest BCUT2D eigenvalue weighted by atomic mass is 16.5. The molecule has 5 nitrogen and oxygen atoms in total. The van der Waals surface area contributed by atoms with Crippen molar-refractivity contribution in [1.82, 2.24) is 4.57 Å². The molecular formula is C15H15NO4. The lowest BCUT2D eigenvalue weighted by molar-refractivity contribution is -0.141. The molecule has 104 valence electrons. The summed E-state index contributed by atoms with van der Waals surface area (Å²) in [4.78, 5) is 23.4. The number of aryl methyl sites for hydroxylation is 1. The fraction of sp³-hybridized carbons (Fsp3) is 0.333. The SMILES string of the molecule is COc1ccc2c3c(n(C)c2c1)CC(C(=O)O)CC3=O. The van der Waals surface area contributed by atoms with Crippen LogP contribution in [0.15, 0.2) is 18.2 Å². The van der Waals surface area contributed by atoms with Crippen LogP contribution in [0.1, 0.15) is 22.5 Å². The Balaban J connectivity index is 2.24. The molecular weight excluding hydrogens is 258 g/mol. The Morgan fingerprint density at radius 1 is 1.40 bits per heavy atom. The van der Waals surface area contributed by atoms with E-state index in [9.17, 15) is 9.59 Å². The first kappa shape index (κ1) is 12.7. The lowest BCUT2D eigenvalue weighted by Crippen LogP contribution is -2.27. The third-order valence-corrected chi connectivity index (χ3v) is 4.03. The first-order valence-electron chi connectivity index (χ1n) is 6.44. The Morgan fingerprint density at radius 3 is 2.80 bits per heavy atom. The van der Waals surface area contributed by atoms with E-state index in [4.69, 9.17) is 9.84 Å². The predicted molar refractivity (Wildman–Crippen MR) is 73.2 cm³/mol. The highest BCUT2D eigenvalue weighted by molar-refractivity contribution is 6.11. The van der Waals surface area contributed by atoms with Gasteiger partial charge in [0.25, 0.3) is 0 Å². The molecule has 1 unspecified atom stereocenters. The lowest BCUT2D eigenvalue weighted by atomic mass is 9.86. The first-order chi connectivity index (χ1) is 9.52. The Labute approximate surface area is 115 Å². The minimum Gasteiger partial charge on any atom is -0.497 e. The number of Topliss-reactive ketones (excluding diaryl/α,β-unsaturated/α-hetero) is 1. The number of benzene rings is 1. The maximum absolute atomic E-state index is 12.3. The second kappa shape index (κ2) is 4.37. The van der Waals surface area contributed by atoms with Crippen molar-refractivity contribution in [2.45, 2.75) is 12.8 Å². The van der Waals surface area contributed by atoms with Gasteiger partial charge in [-0.05, 0) is 12.1 Å². The average molecular weight is 273 g/mol. The van der Waals surface area contributed by atoms with Crippen molar-refractivity contribution < 1.29 is 19.4 Å². The van der Waals surface area contributed by atoms with E-state index in [0.717, 1.165) is 22.3 Å². The number of carbonyl (C=O) groups excluding carboxylic acids is 1. The van der Waals surface area contributed by atoms with Crippen LogP contribution in [0.25, 0.3) is 10.9 Å². The molecule has 1 aliphatic rings. The normalized spacial score (nSPS) is 18.1. The number of hydrogen-bond donors (Lipinski definition) is 1. The standard InChI is InChI=1S/C15H15NO4/c1-16-11-7-9(20-2)3-4-10(11)14-12(16)5-8(15(18)19)6-13(14)17/h3-4,7-8H,5-6H2,1-2H3,(H,18,19). The molecule has 5 heteroatoms. The van der Waals surface area contributed by atoms with Crippen molar-refractivity contribution in [2.75, 3.05) is 7.11 Å². The summed E-state index contributed by atoms with van der Waals surface area (Å²) in [6, 6.07) is 5.56. The zero-order chi connectivity index (χ0) is 14.4. The number of hydrogen-bond acceptors (Lipinski definition) is 3. The molecule has 1 atom stereocenters. The van der Waals surface area contributed by atoms with Gasteiger partial charge in [0.2, 0.25) is 0 Å². The Kier molecular flexibility index (Phi) is 2.78. The molecule has 0 saturated carbocycles. The minimum absolute atomic E-state index is 0.0769. The van der Waals surface area contributed by atoms with E-state index in [2.05, 4.69) is 0 Å². The molecule has 1 N–H and O–H groups in total. The molecule has 0 saturated heterocycles. The summed E-state index contributed by atoms with van der Waals surface area (Å²) in [6.45, 7) is 0. The van der Waals surface area contributed by atoms with Crippen LogP contribution >= 0.6 is 0 Å². The summed E-state index contributed by atoms with van der Waals surface area (Å²) in [5.41, 5.74) is 2.37. The van der Waals surface area contributed by atoms with Gasteiger partial charge in [0.15, 0.2) is 5.78 Å². The fourth-order valence-electron chi connectivity index (χ4n) is 2.95. The van der Waals surface area contributed by atoms with Gasteiger partial charge in [-0.1, -0.05) is 0 Å². The summed E-state index contributed by atoms with van der Waals surface area (Å²) >= 11 is 0. The molecule has 1 aromatic heterocycles. The van der Waals surface area contributed by atoms with E-state index in [1.54, 1.807) is 7.11 Å². The number of nitrogens with zero attached hydrogens (tertiary/aromatic N) is 1. The average Bonchev–Trinajstić information content (AvgIpc) is 2.72. The van der Waals surface area contributed by atoms with Gasteiger partial charge in [-0.15, -0.1) is 0 Å². The number of aromatic nitrogens is 1. The molecule has 3 rings (SSSR count). The van der Waals surface area contributed by atoms with Crippen LogP contribution in [0.4, 0.5) is 0 Å². The van der Waals surface area contributed by atoms with Gasteiger partial charge in [0, 0.05) is 42.6 Å². The molecule has 0 radical (unpaired) electrons. The van der Waals surface area contributed by atoms with Crippen LogP contribution < -0.4 is 4.74 Å². The predicted octanol–water partition coefficient (Wildman–Crippen LogP) is 2.02. The number of aliphatic carboxylic acids is 1. The maximum Gasteiger partial charge on any atom is 0.307 e. The summed E-state index contributed by atoms with van der Waals surface area (Å²) in [5.74, 6) is -0.904. The number of rotatable bonds is 2. The van der Waals surface area contributed by atoms with Crippen molar-refractivity contribution in [3.05, 3.63) is 29.5 Å². The topological polar surface area (TPSA) is 68.5 Å². The second-order valence-corrected chi connectivity index (χ2v) is 5.13. The number of carboxylic acid groups (broad SMARTS) is 1. The van der Waals surface area contributed by atoms with E-state index in [0.29, 0.717) is 12.0 Å². The number of ether oxygens (including phenoxy) is 1. The monoisotopic (exact) mass is 273 g/mol. The van der Waals surface area contributed by atoms with E-state index < -0.39 is 11.9 Å². The summed E-state index contributed by atoms with van der Waals surface area (Å²) in [6.07, 6.45) is 0.470. The van der Waals surface area contributed by atoms with E-state index >= 15 is 0 Å². The number of ketones is 1. The lowest BCUT2D eigenvalue weighted by Gasteiger charge is -2.19. The summed E-state index contributed by atoms with van der Waals surface area (Å²) in [5, 5.41) is 10.0. The van der Waals surface area contributed by atoms with E-state index in [1.165, 1.54) is 0 Å². The van der Waals surface area contributed by atoms with Crippen LogP contribution in [-0.2, 0) is 18.3 Å². The third kappa shape index (κ3) is 1.70. The van der Waals surface area contributed by atoms with Crippen molar-refractivity contribution in [3.8, 4) is 5.75 Å². The van der Waals surface area contributed by atoms with Crippen molar-refractivity contribution in [2.24, 2.45) is 13.0 Å². The highest BCUT2D eigenvalue weighted by Gasteiger charge is 2.33. The maximum atomic E-state index is 12.3. The smallest absolute Gasteiger partial charge is 0.307 e. The van der Waals surface area contributed by atoms with Crippen molar-refractivity contribution in [1.29, 1.82) is 0 Å². The van der Waals surface area contributed by atoms with Gasteiger partial charge in [0.05, 0.1) is 18.5 Å². The van der Waals surface area contributed by atoms with Gasteiger partial charge in [-0.25, -0.2) is 0 Å². The molecule has 0 aliphatic heterocycles. The first-order valence-corrected chi connectivity index (χ1v) is 6.44. The summed E-state index contributed by atoms with van der Waals surface area (Å²) < 4.78 is 7.11. The van der Waals surface area contributed by atoms with Crippen molar-refractivity contribution in [3.63, 3.8) is 0 Å². The van der Waals surface area contributed by atoms with Crippen LogP contribution in [0.2, 0.25) is 0 Å². The van der Waals surface area contributed by atoms with Crippen LogP contribution in [-0.4, -0.2) is 28.5 Å². The highest BCUT2D eigenvalue weighted by Crippen LogP contribution is 2.35. The number of carboxylic acids is 1. The van der Waals surface area contributed by atoms with Gasteiger partial charge < -0.3 is 14.4 Å². The largest absolute Gasteiger partial charge is 0.497 e. The van der Waals surface area contributed by atoms with Crippen LogP contribution in [0.3, 0.4) is 0 Å². The van der Waals surface area contributed by atoms with E-state index in [1.807, 2.05) is 29.8 Å². The summed E-state index contributed by atoms with van der Waals surface area (Å²) in [7, 11) is 3.45. The zero-order valence-corrected chi connectivity index (χ0v) is 11.3. The molecule has 1 heterocycles. The third-order valence-electron chi connectivity index (χ3n) is 4.03. The van der Waals surface area contributed by atoms with Gasteiger partial charge in [0.1, 0.15) is 5.75 Å². The fourth-order valence-corrected chi connectivity index (χ4v) is 2.95. The van der Waals surface area contributed by atoms with Gasteiger partial charge in [-0.2, -0.15) is 0 Å². The molecule has 0 amide bonds. The molecule has 2 aromatic rings. The molecule has 1 aliphatic carbocycles. The Bertz CT molecular complexity index is 729. The quantitative estimate of drug-likeness (QED) is 0.908. The molecule has 0 spiro atoms. The minimum atomic E-state index is -0.910. The Morgan fingerprint density at radius 2 is 2.15 bits per heavy atom. The molecule has 0 fully saturated rings. The van der Waals surface area contributed by atoms with Crippen LogP contribution in [0.5, 0.6) is 5.75 Å². The van der Waals surface area contributed by atoms with E-state index in [-0.39, 0.29) is 12.2 Å². The number of carbonyl (C=O) groups is 2. The molecule has 0 bridgehead atoms. The van der Waals surface area contributed by atoms with Crippen LogP contribution in [0, 0.1) is 5.92 Å². The van der Waals surface area contributed by atoms with Gasteiger partial charge >= 0.3 is 5.97 Å². The number of fused-ring (bicyclic) bond motifs is 3. The van der Waals surface area contributed by atoms with Gasteiger partial charge in [-0.3, -0.25) is 9.59 Å².